The fourth-order valence-electron chi connectivity index (χ4n) is 1.33. The Hall–Kier alpha value is -1.62. The fourth-order valence-corrected chi connectivity index (χ4v) is 1.33. The highest BCUT2D eigenvalue weighted by Gasteiger charge is 2.00. The fraction of sp³-hybridized carbons (Fsp3) is 0.333. The lowest BCUT2D eigenvalue weighted by Gasteiger charge is -2.02. The molecule has 0 saturated carbocycles. The Morgan fingerprint density at radius 1 is 1.50 bits per heavy atom. The molecule has 0 fully saturated rings. The van der Waals surface area contributed by atoms with E-state index in [1.54, 1.807) is 6.92 Å². The van der Waals surface area contributed by atoms with E-state index in [9.17, 15) is 4.79 Å². The van der Waals surface area contributed by atoms with Crippen LogP contribution >= 0.6 is 0 Å². The number of hydrogen-bond donors (Lipinski definition) is 0. The molecule has 14 heavy (non-hydrogen) atoms. The van der Waals surface area contributed by atoms with Gasteiger partial charge in [0.05, 0.1) is 11.6 Å². The summed E-state index contributed by atoms with van der Waals surface area (Å²) < 4.78 is 0. The molecule has 0 aliphatic carbocycles. The number of nitriles is 1. The van der Waals surface area contributed by atoms with Crippen LogP contribution in [-0.2, 0) is 11.2 Å². The minimum Gasteiger partial charge on any atom is -0.300 e. The lowest BCUT2D eigenvalue weighted by molar-refractivity contribution is -0.116. The molecule has 1 rings (SSSR count). The topological polar surface area (TPSA) is 40.9 Å². The van der Waals surface area contributed by atoms with Gasteiger partial charge in [-0.05, 0) is 37.5 Å². The van der Waals surface area contributed by atoms with Gasteiger partial charge in [-0.15, -0.1) is 0 Å². The second-order valence-corrected chi connectivity index (χ2v) is 3.46. The predicted molar refractivity (Wildman–Crippen MR) is 54.9 cm³/mol. The zero-order valence-electron chi connectivity index (χ0n) is 8.50. The number of rotatable bonds is 3. The molecule has 0 saturated heterocycles. The van der Waals surface area contributed by atoms with Crippen molar-refractivity contribution in [1.82, 2.24) is 0 Å². The Labute approximate surface area is 84.2 Å². The van der Waals surface area contributed by atoms with Crippen molar-refractivity contribution in [3.63, 3.8) is 0 Å². The molecule has 0 spiro atoms. The Morgan fingerprint density at radius 3 is 2.71 bits per heavy atom. The van der Waals surface area contributed by atoms with Crippen LogP contribution in [0.5, 0.6) is 0 Å². The predicted octanol–water partition coefficient (Wildman–Crippen LogP) is 2.39. The summed E-state index contributed by atoms with van der Waals surface area (Å²) in [5, 5.41) is 8.72. The largest absolute Gasteiger partial charge is 0.300 e. The van der Waals surface area contributed by atoms with Gasteiger partial charge in [-0.2, -0.15) is 5.26 Å². The molecule has 0 N–H and O–H groups in total. The van der Waals surface area contributed by atoms with Crippen LogP contribution in [0.2, 0.25) is 0 Å². The maximum absolute atomic E-state index is 10.8. The number of benzene rings is 1. The van der Waals surface area contributed by atoms with Crippen LogP contribution < -0.4 is 0 Å². The van der Waals surface area contributed by atoms with Crippen LogP contribution in [0.25, 0.3) is 0 Å². The van der Waals surface area contributed by atoms with Crippen molar-refractivity contribution in [2.24, 2.45) is 0 Å². The van der Waals surface area contributed by atoms with E-state index >= 15 is 0 Å². The zero-order valence-corrected chi connectivity index (χ0v) is 8.50. The maximum atomic E-state index is 10.8. The Morgan fingerprint density at radius 2 is 2.21 bits per heavy atom. The van der Waals surface area contributed by atoms with E-state index in [1.165, 1.54) is 0 Å². The van der Waals surface area contributed by atoms with Crippen LogP contribution in [0.15, 0.2) is 18.2 Å². The number of nitrogens with zero attached hydrogens (tertiary/aromatic N) is 1. The number of hydrogen-bond acceptors (Lipinski definition) is 2. The molecule has 0 radical (unpaired) electrons. The molecular formula is C12H13NO. The quantitative estimate of drug-likeness (QED) is 0.729. The molecule has 72 valence electrons. The molecule has 0 atom stereocenters. The molecule has 2 heteroatoms. The Kier molecular flexibility index (Phi) is 3.41. The molecule has 0 aliphatic rings. The first kappa shape index (κ1) is 10.5. The highest BCUT2D eigenvalue weighted by molar-refractivity contribution is 5.75. The zero-order chi connectivity index (χ0) is 10.6. The van der Waals surface area contributed by atoms with E-state index < -0.39 is 0 Å². The smallest absolute Gasteiger partial charge is 0.130 e. The van der Waals surface area contributed by atoms with E-state index in [-0.39, 0.29) is 5.78 Å². The second kappa shape index (κ2) is 4.57. The van der Waals surface area contributed by atoms with E-state index in [2.05, 4.69) is 6.07 Å². The van der Waals surface area contributed by atoms with Gasteiger partial charge in [0.15, 0.2) is 0 Å². The second-order valence-electron chi connectivity index (χ2n) is 3.46. The Balaban J connectivity index is 2.77. The molecule has 1 aromatic carbocycles. The van der Waals surface area contributed by atoms with Crippen molar-refractivity contribution in [2.45, 2.75) is 26.7 Å². The van der Waals surface area contributed by atoms with Crippen LogP contribution in [-0.4, -0.2) is 5.78 Å². The lowest BCUT2D eigenvalue weighted by Crippen LogP contribution is -1.95. The van der Waals surface area contributed by atoms with Gasteiger partial charge in [0.25, 0.3) is 0 Å². The number of ketones is 1. The summed E-state index contributed by atoms with van der Waals surface area (Å²) in [6, 6.07) is 7.82. The van der Waals surface area contributed by atoms with E-state index in [4.69, 9.17) is 5.26 Å². The van der Waals surface area contributed by atoms with Gasteiger partial charge in [-0.1, -0.05) is 12.1 Å². The first-order valence-corrected chi connectivity index (χ1v) is 4.62. The van der Waals surface area contributed by atoms with Crippen molar-refractivity contribution >= 4 is 5.78 Å². The molecular weight excluding hydrogens is 174 g/mol. The van der Waals surface area contributed by atoms with Crippen LogP contribution in [0.3, 0.4) is 0 Å². The number of carbonyl (C=O) groups is 1. The summed E-state index contributed by atoms with van der Waals surface area (Å²) in [6.45, 7) is 3.51. The normalized spacial score (nSPS) is 9.50. The highest BCUT2D eigenvalue weighted by atomic mass is 16.1. The van der Waals surface area contributed by atoms with Crippen LogP contribution in [0.4, 0.5) is 0 Å². The summed E-state index contributed by atoms with van der Waals surface area (Å²) in [4.78, 5) is 10.8. The summed E-state index contributed by atoms with van der Waals surface area (Å²) in [7, 11) is 0. The summed E-state index contributed by atoms with van der Waals surface area (Å²) in [6.07, 6.45) is 1.34. The first-order chi connectivity index (χ1) is 6.63. The monoisotopic (exact) mass is 187 g/mol. The maximum Gasteiger partial charge on any atom is 0.130 e. The van der Waals surface area contributed by atoms with Crippen molar-refractivity contribution in [2.75, 3.05) is 0 Å². The van der Waals surface area contributed by atoms with E-state index in [0.717, 1.165) is 17.5 Å². The van der Waals surface area contributed by atoms with Crippen LogP contribution in [0, 0.1) is 18.3 Å². The molecule has 1 aromatic rings. The third kappa shape index (κ3) is 2.70. The minimum atomic E-state index is 0.201. The number of carbonyl (C=O) groups excluding carboxylic acids is 1. The van der Waals surface area contributed by atoms with Crippen molar-refractivity contribution in [3.05, 3.63) is 34.9 Å². The van der Waals surface area contributed by atoms with Crippen molar-refractivity contribution < 1.29 is 4.79 Å². The summed E-state index contributed by atoms with van der Waals surface area (Å²) in [5.41, 5.74) is 2.81. The van der Waals surface area contributed by atoms with Gasteiger partial charge in [0.1, 0.15) is 5.78 Å². The third-order valence-electron chi connectivity index (χ3n) is 2.18. The highest BCUT2D eigenvalue weighted by Crippen LogP contribution is 2.11. The van der Waals surface area contributed by atoms with Gasteiger partial charge >= 0.3 is 0 Å². The SMILES string of the molecule is CC(=O)CCc1ccc(C#N)c(C)c1. The lowest BCUT2D eigenvalue weighted by atomic mass is 10.0. The average molecular weight is 187 g/mol. The summed E-state index contributed by atoms with van der Waals surface area (Å²) >= 11 is 0. The van der Waals surface area contributed by atoms with Gasteiger partial charge in [-0.3, -0.25) is 0 Å². The summed E-state index contributed by atoms with van der Waals surface area (Å²) in [5.74, 6) is 0.201. The van der Waals surface area contributed by atoms with Gasteiger partial charge in [-0.25, -0.2) is 0 Å². The molecule has 0 bridgehead atoms. The van der Waals surface area contributed by atoms with Gasteiger partial charge in [0, 0.05) is 6.42 Å². The van der Waals surface area contributed by atoms with Crippen molar-refractivity contribution in [1.29, 1.82) is 5.26 Å². The van der Waals surface area contributed by atoms with Crippen LogP contribution in [0.1, 0.15) is 30.0 Å². The van der Waals surface area contributed by atoms with E-state index in [1.807, 2.05) is 25.1 Å². The number of Topliss-reactive ketones (excluding diaryl/α,β-unsaturated/α-hetero) is 1. The van der Waals surface area contributed by atoms with Crippen molar-refractivity contribution in [3.8, 4) is 6.07 Å². The molecule has 0 aliphatic heterocycles. The van der Waals surface area contributed by atoms with E-state index in [0.29, 0.717) is 12.0 Å². The molecule has 0 aromatic heterocycles. The molecule has 0 unspecified atom stereocenters. The standard InChI is InChI=1S/C12H13NO/c1-9-7-11(4-3-10(2)14)5-6-12(9)8-13/h5-7H,3-4H2,1-2H3. The number of aryl methyl sites for hydroxylation is 2. The average Bonchev–Trinajstić information content (AvgIpc) is 2.15. The first-order valence-electron chi connectivity index (χ1n) is 4.62. The third-order valence-corrected chi connectivity index (χ3v) is 2.18. The molecule has 2 nitrogen and oxygen atoms in total. The Bertz CT molecular complexity index is 388. The minimum absolute atomic E-state index is 0.201. The molecule has 0 heterocycles. The molecule has 0 amide bonds. The van der Waals surface area contributed by atoms with Gasteiger partial charge < -0.3 is 4.79 Å². The van der Waals surface area contributed by atoms with Gasteiger partial charge in [0.2, 0.25) is 0 Å².